The van der Waals surface area contributed by atoms with Crippen LogP contribution in [0.2, 0.25) is 0 Å². The highest BCUT2D eigenvalue weighted by Gasteiger charge is 2.18. The number of esters is 1. The summed E-state index contributed by atoms with van der Waals surface area (Å²) < 4.78 is 5.96. The number of hydrogen-bond donors (Lipinski definition) is 4. The maximum Gasteiger partial charge on any atom is 0.328 e. The molecule has 0 rings (SSSR count). The topological polar surface area (TPSA) is 142 Å². The van der Waals surface area contributed by atoms with Crippen molar-refractivity contribution < 1.29 is 34.1 Å². The smallest absolute Gasteiger partial charge is 0.328 e. The summed E-state index contributed by atoms with van der Waals surface area (Å²) >= 11 is 0. The van der Waals surface area contributed by atoms with Crippen LogP contribution in [0.3, 0.4) is 0 Å². The van der Waals surface area contributed by atoms with Gasteiger partial charge in [-0.2, -0.15) is 0 Å². The van der Waals surface area contributed by atoms with E-state index in [4.69, 9.17) is 14.9 Å². The average Bonchev–Trinajstić information content (AvgIpc) is 3.23. The lowest BCUT2D eigenvalue weighted by Crippen LogP contribution is -2.47. The normalized spacial score (nSPS) is 12.8. The van der Waals surface area contributed by atoms with Crippen LogP contribution in [0.4, 0.5) is 0 Å². The van der Waals surface area contributed by atoms with Gasteiger partial charge in [0.2, 0.25) is 11.8 Å². The fraction of sp³-hybridized carbons (Fsp3) is 0.765. The molecule has 4 N–H and O–H groups in total. The lowest BCUT2D eigenvalue weighted by molar-refractivity contribution is -0.147. The number of hydrogen-bond acceptors (Lipinski definition) is 6. The van der Waals surface area contributed by atoms with Gasteiger partial charge in [-0.05, 0) is 83.1 Å². The van der Waals surface area contributed by atoms with E-state index in [9.17, 15) is 19.2 Å². The second-order valence-electron chi connectivity index (χ2n) is 16.5. The van der Waals surface area contributed by atoms with Gasteiger partial charge in [-0.1, -0.05) is 178 Å². The van der Waals surface area contributed by atoms with Gasteiger partial charge in [0.25, 0.3) is 0 Å². The van der Waals surface area contributed by atoms with E-state index in [0.29, 0.717) is 19.3 Å². The van der Waals surface area contributed by atoms with E-state index < -0.39 is 24.5 Å². The molecule has 9 nitrogen and oxygen atoms in total. The molecule has 0 aliphatic rings. The minimum atomic E-state index is -1.38. The average molecular weight is 843 g/mol. The Labute approximate surface area is 367 Å². The Balaban J connectivity index is 4.14. The highest BCUT2D eigenvalue weighted by atomic mass is 16.5. The molecule has 0 heterocycles. The maximum atomic E-state index is 12.8. The number of carbonyl (C=O) groups excluding carboxylic acids is 3. The Morgan fingerprint density at radius 1 is 0.517 bits per heavy atom. The molecule has 0 aromatic rings. The highest BCUT2D eigenvalue weighted by molar-refractivity contribution is 5.87. The van der Waals surface area contributed by atoms with Crippen molar-refractivity contribution in [1.82, 2.24) is 10.6 Å². The van der Waals surface area contributed by atoms with E-state index in [2.05, 4.69) is 73.1 Å². The first-order valence-electron chi connectivity index (χ1n) is 24.5. The van der Waals surface area contributed by atoms with Crippen molar-refractivity contribution in [3.8, 4) is 0 Å². The van der Waals surface area contributed by atoms with Crippen LogP contribution in [-0.4, -0.2) is 59.3 Å². The van der Waals surface area contributed by atoms with Gasteiger partial charge in [0.1, 0.15) is 12.1 Å². The molecule has 0 saturated carbocycles. The van der Waals surface area contributed by atoms with Gasteiger partial charge in [0.15, 0.2) is 0 Å². The molecule has 346 valence electrons. The molecule has 0 spiro atoms. The third-order valence-electron chi connectivity index (χ3n) is 10.8. The second kappa shape index (κ2) is 45.3. The van der Waals surface area contributed by atoms with Gasteiger partial charge < -0.3 is 25.6 Å². The highest BCUT2D eigenvalue weighted by Crippen LogP contribution is 2.16. The van der Waals surface area contributed by atoms with Crippen molar-refractivity contribution in [3.05, 3.63) is 48.6 Å². The molecule has 0 aliphatic carbocycles. The monoisotopic (exact) mass is 843 g/mol. The summed E-state index contributed by atoms with van der Waals surface area (Å²) in [4.78, 5) is 47.5. The molecule has 0 radical (unpaired) electrons. The fourth-order valence-electron chi connectivity index (χ4n) is 6.98. The third kappa shape index (κ3) is 41.5. The minimum Gasteiger partial charge on any atom is -0.480 e. The molecule has 0 aromatic carbocycles. The van der Waals surface area contributed by atoms with Crippen molar-refractivity contribution in [3.63, 3.8) is 0 Å². The first-order valence-corrected chi connectivity index (χ1v) is 24.5. The SMILES string of the molecule is CCCCCCC/C=C\C/C=C\C/C=C\CCCCCCCCCCC(=O)OC(/C=C\CCCCCCCC)CCCCCCCCC(=O)NCC(=O)NC(CO)C(=O)O. The fourth-order valence-corrected chi connectivity index (χ4v) is 6.98. The number of nitrogens with one attached hydrogen (secondary N) is 2. The van der Waals surface area contributed by atoms with Crippen LogP contribution in [0, 0.1) is 0 Å². The number of carbonyl (C=O) groups is 4. The largest absolute Gasteiger partial charge is 0.480 e. The van der Waals surface area contributed by atoms with E-state index in [1.807, 2.05) is 0 Å². The summed E-state index contributed by atoms with van der Waals surface area (Å²) in [7, 11) is 0. The van der Waals surface area contributed by atoms with Crippen molar-refractivity contribution in [2.45, 2.75) is 238 Å². The second-order valence-corrected chi connectivity index (χ2v) is 16.5. The van der Waals surface area contributed by atoms with E-state index in [-0.39, 0.29) is 24.5 Å². The molecule has 0 saturated heterocycles. The van der Waals surface area contributed by atoms with Crippen LogP contribution in [0.15, 0.2) is 48.6 Å². The summed E-state index contributed by atoms with van der Waals surface area (Å²) in [6.45, 7) is 3.46. The number of carboxylic acids is 1. The number of allylic oxidation sites excluding steroid dienone is 7. The van der Waals surface area contributed by atoms with Crippen LogP contribution in [-0.2, 0) is 23.9 Å². The lowest BCUT2D eigenvalue weighted by atomic mass is 10.0. The number of carboxylic acid groups (broad SMARTS) is 1. The van der Waals surface area contributed by atoms with Gasteiger partial charge in [-0.15, -0.1) is 0 Å². The van der Waals surface area contributed by atoms with Crippen LogP contribution in [0.1, 0.15) is 226 Å². The molecular weight excluding hydrogens is 753 g/mol. The third-order valence-corrected chi connectivity index (χ3v) is 10.8. The summed E-state index contributed by atoms with van der Waals surface area (Å²) in [5.74, 6) is -2.33. The Kier molecular flexibility index (Phi) is 42.9. The number of rotatable bonds is 44. The minimum absolute atomic E-state index is 0.0843. The van der Waals surface area contributed by atoms with E-state index in [0.717, 1.165) is 70.6 Å². The molecule has 2 atom stereocenters. The molecule has 2 unspecified atom stereocenters. The van der Waals surface area contributed by atoms with E-state index in [1.54, 1.807) is 0 Å². The number of unbranched alkanes of at least 4 members (excludes halogenated alkanes) is 24. The quantitative estimate of drug-likeness (QED) is 0.0272. The number of aliphatic hydroxyl groups is 1. The standard InChI is InChI=1S/C51H90N2O7/c1-3-5-7-9-11-13-14-15-16-17-18-19-20-21-22-23-24-25-26-27-29-35-39-43-50(57)60-46(40-36-32-28-12-10-8-6-4-2)41-37-33-30-31-34-38-42-48(55)52-44-49(56)53-47(45-54)51(58)59/h14-15,17-18,20-21,36,40,46-47,54H,3-13,16,19,22-35,37-39,41-45H2,1-2H3,(H,52,55)(H,53,56)(H,58,59)/b15-14-,18-17-,21-20-,40-36-. The van der Waals surface area contributed by atoms with E-state index >= 15 is 0 Å². The molecule has 0 bridgehead atoms. The number of aliphatic carboxylic acids is 1. The van der Waals surface area contributed by atoms with Gasteiger partial charge >= 0.3 is 11.9 Å². The molecule has 60 heavy (non-hydrogen) atoms. The van der Waals surface area contributed by atoms with Gasteiger partial charge in [-0.25, -0.2) is 4.79 Å². The molecule has 2 amide bonds. The van der Waals surface area contributed by atoms with Crippen LogP contribution in [0.5, 0.6) is 0 Å². The van der Waals surface area contributed by atoms with Crippen molar-refractivity contribution in [2.24, 2.45) is 0 Å². The summed E-state index contributed by atoms with van der Waals surface area (Å²) in [6.07, 6.45) is 54.6. The molecule has 0 aliphatic heterocycles. The molecule has 0 fully saturated rings. The van der Waals surface area contributed by atoms with Crippen LogP contribution in [0.25, 0.3) is 0 Å². The number of aliphatic hydroxyl groups excluding tert-OH is 1. The van der Waals surface area contributed by atoms with Crippen LogP contribution >= 0.6 is 0 Å². The van der Waals surface area contributed by atoms with Gasteiger partial charge in [0.05, 0.1) is 13.2 Å². The Bertz CT molecular complexity index is 1150. The molecule has 9 heteroatoms. The van der Waals surface area contributed by atoms with Gasteiger partial charge in [-0.3, -0.25) is 14.4 Å². The van der Waals surface area contributed by atoms with Crippen molar-refractivity contribution in [1.29, 1.82) is 0 Å². The zero-order valence-corrected chi connectivity index (χ0v) is 38.5. The lowest BCUT2D eigenvalue weighted by Gasteiger charge is -2.15. The van der Waals surface area contributed by atoms with Crippen molar-refractivity contribution >= 4 is 23.8 Å². The Morgan fingerprint density at radius 2 is 0.950 bits per heavy atom. The predicted molar refractivity (Wildman–Crippen MR) is 250 cm³/mol. The Hall–Kier alpha value is -3.20. The van der Waals surface area contributed by atoms with E-state index in [1.165, 1.54) is 122 Å². The van der Waals surface area contributed by atoms with Crippen LogP contribution < -0.4 is 10.6 Å². The number of ether oxygens (including phenoxy) is 1. The summed E-state index contributed by atoms with van der Waals surface area (Å²) in [5, 5.41) is 22.5. The zero-order valence-electron chi connectivity index (χ0n) is 38.5. The van der Waals surface area contributed by atoms with Crippen molar-refractivity contribution in [2.75, 3.05) is 13.2 Å². The summed E-state index contributed by atoms with van der Waals surface area (Å²) in [5.41, 5.74) is 0. The van der Waals surface area contributed by atoms with Gasteiger partial charge in [0, 0.05) is 12.8 Å². The molecular formula is C51H90N2O7. The predicted octanol–water partition coefficient (Wildman–Crippen LogP) is 12.7. The first kappa shape index (κ1) is 56.8. The first-order chi connectivity index (χ1) is 29.3. The summed E-state index contributed by atoms with van der Waals surface area (Å²) in [6, 6.07) is -1.38. The molecule has 0 aromatic heterocycles. The maximum absolute atomic E-state index is 12.8. The Morgan fingerprint density at radius 3 is 1.45 bits per heavy atom. The zero-order chi connectivity index (χ0) is 44.0. The number of amides is 2.